The molecule has 0 aromatic heterocycles. The quantitative estimate of drug-likeness (QED) is 0.761. The first kappa shape index (κ1) is 14.9. The lowest BCUT2D eigenvalue weighted by atomic mass is 10.0. The lowest BCUT2D eigenvalue weighted by Gasteiger charge is -2.14. The zero-order valence-electron chi connectivity index (χ0n) is 12.5. The lowest BCUT2D eigenvalue weighted by molar-refractivity contribution is -0.169. The van der Waals surface area contributed by atoms with Crippen molar-refractivity contribution in [3.8, 4) is 0 Å². The predicted molar refractivity (Wildman–Crippen MR) is 77.0 cm³/mol. The smallest absolute Gasteiger partial charge is 0.330 e. The number of hydrogen-bond acceptors (Lipinski definition) is 6. The van der Waals surface area contributed by atoms with E-state index in [0.717, 1.165) is 5.01 Å². The Morgan fingerprint density at radius 1 is 1.17 bits per heavy atom. The Kier molecular flexibility index (Phi) is 3.44. The van der Waals surface area contributed by atoms with Gasteiger partial charge in [-0.25, -0.2) is 9.80 Å². The number of imide groups is 1. The molecule has 3 rings (SSSR count). The minimum Gasteiger partial charge on any atom is -0.330 e. The van der Waals surface area contributed by atoms with Gasteiger partial charge in [0, 0.05) is 12.8 Å². The molecule has 23 heavy (non-hydrogen) atoms. The molecular formula is C15H13N3O5. The van der Waals surface area contributed by atoms with Gasteiger partial charge in [0.2, 0.25) is 0 Å². The van der Waals surface area contributed by atoms with Crippen LogP contribution in [-0.4, -0.2) is 46.5 Å². The summed E-state index contributed by atoms with van der Waals surface area (Å²) < 4.78 is 0. The highest BCUT2D eigenvalue weighted by molar-refractivity contribution is 6.21. The summed E-state index contributed by atoms with van der Waals surface area (Å²) in [6, 6.07) is 6.19. The number of hydrogen-bond donors (Lipinski definition) is 0. The summed E-state index contributed by atoms with van der Waals surface area (Å²) in [6.07, 6.45) is -0.286. The third kappa shape index (κ3) is 2.37. The third-order valence-electron chi connectivity index (χ3n) is 3.75. The Hall–Kier alpha value is -3.03. The van der Waals surface area contributed by atoms with Crippen molar-refractivity contribution in [3.05, 3.63) is 35.4 Å². The van der Waals surface area contributed by atoms with E-state index in [4.69, 9.17) is 4.84 Å². The van der Waals surface area contributed by atoms with Crippen molar-refractivity contribution in [1.82, 2.24) is 10.1 Å². The van der Waals surface area contributed by atoms with E-state index in [1.807, 2.05) is 0 Å². The fraction of sp³-hybridized carbons (Fsp3) is 0.267. The fourth-order valence-electron chi connectivity index (χ4n) is 2.55. The average molecular weight is 315 g/mol. The largest absolute Gasteiger partial charge is 0.334 e. The molecule has 1 aromatic rings. The van der Waals surface area contributed by atoms with Gasteiger partial charge in [0.25, 0.3) is 17.7 Å². The van der Waals surface area contributed by atoms with E-state index in [1.54, 1.807) is 19.1 Å². The second kappa shape index (κ2) is 5.31. The van der Waals surface area contributed by atoms with E-state index in [2.05, 4.69) is 5.10 Å². The Morgan fingerprint density at radius 3 is 2.22 bits per heavy atom. The van der Waals surface area contributed by atoms with Crippen LogP contribution >= 0.6 is 0 Å². The average Bonchev–Trinajstić information content (AvgIpc) is 2.90. The minimum atomic E-state index is -0.845. The molecule has 0 bridgehead atoms. The van der Waals surface area contributed by atoms with Crippen LogP contribution in [0.5, 0.6) is 0 Å². The summed E-state index contributed by atoms with van der Waals surface area (Å²) >= 11 is 0. The summed E-state index contributed by atoms with van der Waals surface area (Å²) in [5.41, 5.74) is 0.844. The number of amides is 3. The maximum Gasteiger partial charge on any atom is 0.334 e. The zero-order chi connectivity index (χ0) is 16.7. The van der Waals surface area contributed by atoms with E-state index >= 15 is 0 Å². The summed E-state index contributed by atoms with van der Waals surface area (Å²) in [7, 11) is 1.49. The van der Waals surface area contributed by atoms with Gasteiger partial charge >= 0.3 is 5.97 Å². The molecule has 2 aliphatic heterocycles. The molecule has 2 aliphatic rings. The molecule has 0 radical (unpaired) electrons. The first-order valence-electron chi connectivity index (χ1n) is 6.91. The standard InChI is InChI=1S/C15H13N3O5/c1-8-11(13(20)17(2)16-8)7-12(19)23-18-14(21)9-5-3-4-6-10(9)15(18)22/h3-6,11H,7H2,1-2H3. The molecule has 1 aromatic carbocycles. The molecule has 0 fully saturated rings. The van der Waals surface area contributed by atoms with Crippen molar-refractivity contribution in [2.75, 3.05) is 7.05 Å². The maximum atomic E-state index is 12.1. The topological polar surface area (TPSA) is 96.3 Å². The number of carbonyl (C=O) groups excluding carboxylic acids is 4. The highest BCUT2D eigenvalue weighted by atomic mass is 16.7. The predicted octanol–water partition coefficient (Wildman–Crippen LogP) is 0.595. The summed E-state index contributed by atoms with van der Waals surface area (Å²) in [5, 5.41) is 5.52. The monoisotopic (exact) mass is 315 g/mol. The molecule has 0 spiro atoms. The van der Waals surface area contributed by atoms with Gasteiger partial charge in [0.15, 0.2) is 0 Å². The van der Waals surface area contributed by atoms with E-state index < -0.39 is 23.7 Å². The van der Waals surface area contributed by atoms with Crippen LogP contribution in [-0.2, 0) is 14.4 Å². The van der Waals surface area contributed by atoms with Gasteiger partial charge in [-0.15, -0.1) is 0 Å². The molecule has 0 saturated heterocycles. The number of hydroxylamine groups is 2. The second-order valence-corrected chi connectivity index (χ2v) is 5.27. The molecular weight excluding hydrogens is 302 g/mol. The molecule has 8 heteroatoms. The van der Waals surface area contributed by atoms with Gasteiger partial charge in [-0.3, -0.25) is 14.4 Å². The van der Waals surface area contributed by atoms with Crippen LogP contribution in [0, 0.1) is 5.92 Å². The van der Waals surface area contributed by atoms with Crippen molar-refractivity contribution < 1.29 is 24.0 Å². The van der Waals surface area contributed by atoms with E-state index in [9.17, 15) is 19.2 Å². The van der Waals surface area contributed by atoms with Gasteiger partial charge < -0.3 is 4.84 Å². The van der Waals surface area contributed by atoms with Gasteiger partial charge in [0.1, 0.15) is 0 Å². The minimum absolute atomic E-state index is 0.180. The van der Waals surface area contributed by atoms with Crippen LogP contribution in [0.25, 0.3) is 0 Å². The number of nitrogens with zero attached hydrogens (tertiary/aromatic N) is 3. The third-order valence-corrected chi connectivity index (χ3v) is 3.75. The van der Waals surface area contributed by atoms with Crippen LogP contribution in [0.3, 0.4) is 0 Å². The first-order chi connectivity index (χ1) is 10.9. The molecule has 1 unspecified atom stereocenters. The SMILES string of the molecule is CC1=NN(C)C(=O)C1CC(=O)ON1C(=O)c2ccccc2C1=O. The van der Waals surface area contributed by atoms with Gasteiger partial charge in [-0.2, -0.15) is 5.10 Å². The molecule has 0 N–H and O–H groups in total. The normalized spacial score (nSPS) is 20.0. The van der Waals surface area contributed by atoms with Crippen molar-refractivity contribution >= 4 is 29.4 Å². The zero-order valence-corrected chi connectivity index (χ0v) is 12.5. The number of carbonyl (C=O) groups is 4. The number of hydrazone groups is 1. The van der Waals surface area contributed by atoms with Crippen LogP contribution in [0.4, 0.5) is 0 Å². The van der Waals surface area contributed by atoms with Crippen LogP contribution in [0.2, 0.25) is 0 Å². The number of benzene rings is 1. The summed E-state index contributed by atoms with van der Waals surface area (Å²) in [4.78, 5) is 52.9. The van der Waals surface area contributed by atoms with Gasteiger partial charge in [-0.05, 0) is 19.1 Å². The summed E-state index contributed by atoms with van der Waals surface area (Å²) in [5.74, 6) is -3.30. The number of rotatable bonds is 3. The van der Waals surface area contributed by atoms with Crippen LogP contribution in [0.15, 0.2) is 29.4 Å². The van der Waals surface area contributed by atoms with Crippen LogP contribution in [0.1, 0.15) is 34.1 Å². The molecule has 1 atom stereocenters. The Bertz CT molecular complexity index is 735. The molecule has 0 saturated carbocycles. The lowest BCUT2D eigenvalue weighted by Crippen LogP contribution is -2.35. The number of fused-ring (bicyclic) bond motifs is 1. The molecule has 2 heterocycles. The molecule has 118 valence electrons. The van der Waals surface area contributed by atoms with Crippen molar-refractivity contribution in [2.45, 2.75) is 13.3 Å². The molecule has 0 aliphatic carbocycles. The molecule has 8 nitrogen and oxygen atoms in total. The van der Waals surface area contributed by atoms with Crippen molar-refractivity contribution in [3.63, 3.8) is 0 Å². The Balaban J connectivity index is 1.70. The van der Waals surface area contributed by atoms with Gasteiger partial charge in [0.05, 0.1) is 23.5 Å². The van der Waals surface area contributed by atoms with Gasteiger partial charge in [-0.1, -0.05) is 17.2 Å². The van der Waals surface area contributed by atoms with E-state index in [0.29, 0.717) is 10.8 Å². The van der Waals surface area contributed by atoms with Crippen molar-refractivity contribution in [1.29, 1.82) is 0 Å². The highest BCUT2D eigenvalue weighted by Crippen LogP contribution is 2.24. The summed E-state index contributed by atoms with van der Waals surface area (Å²) in [6.45, 7) is 1.63. The highest BCUT2D eigenvalue weighted by Gasteiger charge is 2.40. The van der Waals surface area contributed by atoms with Crippen LogP contribution < -0.4 is 0 Å². The fourth-order valence-corrected chi connectivity index (χ4v) is 2.55. The van der Waals surface area contributed by atoms with Crippen molar-refractivity contribution in [2.24, 2.45) is 11.0 Å². The van der Waals surface area contributed by atoms with E-state index in [-0.39, 0.29) is 23.5 Å². The first-order valence-corrected chi connectivity index (χ1v) is 6.91. The Labute approximate surface area is 131 Å². The maximum absolute atomic E-state index is 12.1. The Morgan fingerprint density at radius 2 is 1.74 bits per heavy atom. The molecule has 3 amide bonds. The van der Waals surface area contributed by atoms with E-state index in [1.165, 1.54) is 19.2 Å². The second-order valence-electron chi connectivity index (χ2n) is 5.27.